The standard InChI is InChI=1S/C22H30N2O6S2/c1-5-24(6-2)32(28,29)20-13-11-18(12-14-20)22(25)23(3)15-8-16-30-19-9-7-10-21(17-19)31(4,26)27/h7,9-14,17H,5-6,8,15-16H2,1-4H3. The summed E-state index contributed by atoms with van der Waals surface area (Å²) in [6.45, 7) is 5.04. The van der Waals surface area contributed by atoms with E-state index in [4.69, 9.17) is 4.74 Å². The number of sulfone groups is 1. The summed E-state index contributed by atoms with van der Waals surface area (Å²) in [6.07, 6.45) is 1.68. The number of carbonyl (C=O) groups is 1. The summed E-state index contributed by atoms with van der Waals surface area (Å²) in [5.41, 5.74) is 0.396. The monoisotopic (exact) mass is 482 g/mol. The van der Waals surface area contributed by atoms with Gasteiger partial charge in [0.15, 0.2) is 9.84 Å². The highest BCUT2D eigenvalue weighted by molar-refractivity contribution is 7.90. The van der Waals surface area contributed by atoms with Gasteiger partial charge in [-0.3, -0.25) is 4.79 Å². The van der Waals surface area contributed by atoms with E-state index in [1.165, 1.54) is 45.6 Å². The number of nitrogens with zero attached hydrogens (tertiary/aromatic N) is 2. The minimum absolute atomic E-state index is 0.158. The Hall–Kier alpha value is -2.43. The predicted octanol–water partition coefficient (Wildman–Crippen LogP) is 2.66. The molecule has 0 saturated heterocycles. The molecular formula is C22H30N2O6S2. The summed E-state index contributed by atoms with van der Waals surface area (Å²) in [6, 6.07) is 12.2. The molecule has 0 fully saturated rings. The van der Waals surface area contributed by atoms with Crippen LogP contribution in [0.15, 0.2) is 58.3 Å². The van der Waals surface area contributed by atoms with Crippen LogP contribution in [0.2, 0.25) is 0 Å². The highest BCUT2D eigenvalue weighted by Gasteiger charge is 2.22. The Balaban J connectivity index is 1.92. The van der Waals surface area contributed by atoms with Gasteiger partial charge in [0, 0.05) is 38.5 Å². The zero-order valence-electron chi connectivity index (χ0n) is 18.8. The summed E-state index contributed by atoms with van der Waals surface area (Å²) in [4.78, 5) is 14.5. The second-order valence-electron chi connectivity index (χ2n) is 7.29. The van der Waals surface area contributed by atoms with E-state index in [1.54, 1.807) is 33.0 Å². The quantitative estimate of drug-likeness (QED) is 0.457. The van der Waals surface area contributed by atoms with Crippen molar-refractivity contribution in [1.82, 2.24) is 9.21 Å². The lowest BCUT2D eigenvalue weighted by molar-refractivity contribution is 0.0787. The van der Waals surface area contributed by atoms with Crippen molar-refractivity contribution in [3.63, 3.8) is 0 Å². The van der Waals surface area contributed by atoms with Gasteiger partial charge in [-0.15, -0.1) is 0 Å². The Morgan fingerprint density at radius 2 is 1.56 bits per heavy atom. The maximum Gasteiger partial charge on any atom is 0.253 e. The maximum atomic E-state index is 12.6. The van der Waals surface area contributed by atoms with Crippen molar-refractivity contribution < 1.29 is 26.4 Å². The van der Waals surface area contributed by atoms with Gasteiger partial charge >= 0.3 is 0 Å². The summed E-state index contributed by atoms with van der Waals surface area (Å²) in [5.74, 6) is 0.225. The fourth-order valence-electron chi connectivity index (χ4n) is 3.09. The van der Waals surface area contributed by atoms with E-state index in [-0.39, 0.29) is 15.7 Å². The summed E-state index contributed by atoms with van der Waals surface area (Å²) >= 11 is 0. The molecule has 2 aromatic rings. The normalized spacial score (nSPS) is 12.0. The van der Waals surface area contributed by atoms with Crippen molar-refractivity contribution in [2.24, 2.45) is 0 Å². The van der Waals surface area contributed by atoms with Gasteiger partial charge in [0.05, 0.1) is 16.4 Å². The molecule has 0 radical (unpaired) electrons. The van der Waals surface area contributed by atoms with E-state index < -0.39 is 19.9 Å². The molecule has 0 N–H and O–H groups in total. The van der Waals surface area contributed by atoms with E-state index in [2.05, 4.69) is 0 Å². The first-order valence-electron chi connectivity index (χ1n) is 10.3. The number of amides is 1. The van der Waals surface area contributed by atoms with Gasteiger partial charge in [0.25, 0.3) is 5.91 Å². The molecule has 32 heavy (non-hydrogen) atoms. The number of sulfonamides is 1. The lowest BCUT2D eigenvalue weighted by Gasteiger charge is -2.19. The molecule has 2 rings (SSSR count). The fraction of sp³-hybridized carbons (Fsp3) is 0.409. The molecule has 10 heteroatoms. The first-order valence-corrected chi connectivity index (χ1v) is 13.6. The number of ether oxygens (including phenoxy) is 1. The number of hydrogen-bond donors (Lipinski definition) is 0. The van der Waals surface area contributed by atoms with Crippen LogP contribution in [0, 0.1) is 0 Å². The lowest BCUT2D eigenvalue weighted by atomic mass is 10.2. The van der Waals surface area contributed by atoms with E-state index in [9.17, 15) is 21.6 Å². The molecule has 0 aliphatic heterocycles. The Bertz CT molecular complexity index is 1130. The molecule has 1 amide bonds. The van der Waals surface area contributed by atoms with Gasteiger partial charge in [-0.1, -0.05) is 19.9 Å². The predicted molar refractivity (Wildman–Crippen MR) is 123 cm³/mol. The second-order valence-corrected chi connectivity index (χ2v) is 11.2. The van der Waals surface area contributed by atoms with Gasteiger partial charge in [-0.05, 0) is 48.9 Å². The average Bonchev–Trinajstić information content (AvgIpc) is 2.76. The molecule has 0 aromatic heterocycles. The van der Waals surface area contributed by atoms with Crippen LogP contribution in [0.25, 0.3) is 0 Å². The van der Waals surface area contributed by atoms with Crippen LogP contribution in [-0.4, -0.2) is 71.5 Å². The molecule has 0 aliphatic carbocycles. The van der Waals surface area contributed by atoms with Crippen molar-refractivity contribution in [3.05, 3.63) is 54.1 Å². The molecule has 2 aromatic carbocycles. The summed E-state index contributed by atoms with van der Waals surface area (Å²) < 4.78 is 55.3. The highest BCUT2D eigenvalue weighted by atomic mass is 32.2. The molecule has 0 aliphatic rings. The van der Waals surface area contributed by atoms with Gasteiger partial charge < -0.3 is 9.64 Å². The zero-order chi connectivity index (χ0) is 23.9. The molecule has 176 valence electrons. The Kier molecular flexibility index (Phi) is 8.82. The minimum atomic E-state index is -3.57. The van der Waals surface area contributed by atoms with Gasteiger partial charge in [0.2, 0.25) is 10.0 Å². The van der Waals surface area contributed by atoms with Crippen LogP contribution in [0.1, 0.15) is 30.6 Å². The van der Waals surface area contributed by atoms with Crippen LogP contribution in [0.5, 0.6) is 5.75 Å². The fourth-order valence-corrected chi connectivity index (χ4v) is 5.20. The Morgan fingerprint density at radius 3 is 2.12 bits per heavy atom. The van der Waals surface area contributed by atoms with E-state index in [0.717, 1.165) is 6.26 Å². The zero-order valence-corrected chi connectivity index (χ0v) is 20.4. The molecule has 0 spiro atoms. The number of benzene rings is 2. The molecule has 0 heterocycles. The van der Waals surface area contributed by atoms with Crippen LogP contribution < -0.4 is 4.74 Å². The molecular weight excluding hydrogens is 452 g/mol. The third kappa shape index (κ3) is 6.54. The van der Waals surface area contributed by atoms with Crippen molar-refractivity contribution in [3.8, 4) is 5.75 Å². The summed E-state index contributed by atoms with van der Waals surface area (Å²) in [7, 11) is -5.21. The molecule has 0 bridgehead atoms. The molecule has 0 unspecified atom stereocenters. The van der Waals surface area contributed by atoms with E-state index in [1.807, 2.05) is 0 Å². The first kappa shape index (κ1) is 25.8. The van der Waals surface area contributed by atoms with Crippen molar-refractivity contribution in [2.75, 3.05) is 39.5 Å². The minimum Gasteiger partial charge on any atom is -0.493 e. The van der Waals surface area contributed by atoms with Crippen LogP contribution in [-0.2, 0) is 19.9 Å². The molecule has 0 saturated carbocycles. The molecule has 8 nitrogen and oxygen atoms in total. The van der Waals surface area contributed by atoms with E-state index >= 15 is 0 Å². The van der Waals surface area contributed by atoms with E-state index in [0.29, 0.717) is 44.0 Å². The highest BCUT2D eigenvalue weighted by Crippen LogP contribution is 2.18. The van der Waals surface area contributed by atoms with Gasteiger partial charge in [0.1, 0.15) is 5.75 Å². The Labute approximate surface area is 190 Å². The summed E-state index contributed by atoms with van der Waals surface area (Å²) in [5, 5.41) is 0. The van der Waals surface area contributed by atoms with Gasteiger partial charge in [-0.25, -0.2) is 16.8 Å². The second kappa shape index (κ2) is 10.9. The first-order chi connectivity index (χ1) is 15.0. The average molecular weight is 483 g/mol. The largest absolute Gasteiger partial charge is 0.493 e. The number of hydrogen-bond acceptors (Lipinski definition) is 6. The van der Waals surface area contributed by atoms with Crippen LogP contribution >= 0.6 is 0 Å². The smallest absolute Gasteiger partial charge is 0.253 e. The third-order valence-electron chi connectivity index (χ3n) is 4.93. The van der Waals surface area contributed by atoms with Crippen molar-refractivity contribution >= 4 is 25.8 Å². The van der Waals surface area contributed by atoms with Crippen LogP contribution in [0.4, 0.5) is 0 Å². The third-order valence-corrected chi connectivity index (χ3v) is 8.11. The number of rotatable bonds is 11. The maximum absolute atomic E-state index is 12.6. The number of carbonyl (C=O) groups excluding carboxylic acids is 1. The van der Waals surface area contributed by atoms with Crippen molar-refractivity contribution in [1.29, 1.82) is 0 Å². The van der Waals surface area contributed by atoms with Crippen LogP contribution in [0.3, 0.4) is 0 Å². The lowest BCUT2D eigenvalue weighted by Crippen LogP contribution is -2.31. The Morgan fingerprint density at radius 1 is 0.938 bits per heavy atom. The molecule has 0 atom stereocenters. The SMILES string of the molecule is CCN(CC)S(=O)(=O)c1ccc(C(=O)N(C)CCCOc2cccc(S(C)(=O)=O)c2)cc1. The van der Waals surface area contributed by atoms with Gasteiger partial charge in [-0.2, -0.15) is 4.31 Å². The van der Waals surface area contributed by atoms with Crippen molar-refractivity contribution in [2.45, 2.75) is 30.1 Å². The topological polar surface area (TPSA) is 101 Å².